The van der Waals surface area contributed by atoms with Crippen molar-refractivity contribution in [3.8, 4) is 11.1 Å². The van der Waals surface area contributed by atoms with E-state index in [4.69, 9.17) is 0 Å². The fourth-order valence-corrected chi connectivity index (χ4v) is 6.11. The van der Waals surface area contributed by atoms with E-state index in [1.54, 1.807) is 18.3 Å². The maximum atomic E-state index is 15.0. The highest BCUT2D eigenvalue weighted by Gasteiger charge is 2.58. The van der Waals surface area contributed by atoms with E-state index in [1.807, 2.05) is 23.1 Å². The molecular weight excluding hydrogens is 492 g/mol. The van der Waals surface area contributed by atoms with Crippen LogP contribution in [-0.2, 0) is 6.42 Å². The van der Waals surface area contributed by atoms with Crippen LogP contribution in [0.3, 0.4) is 0 Å². The number of hydrogen-bond donors (Lipinski definition) is 1. The molecule has 2 aromatic rings. The monoisotopic (exact) mass is 530 g/mol. The minimum atomic E-state index is -4.09. The van der Waals surface area contributed by atoms with Crippen LogP contribution in [-0.4, -0.2) is 60.4 Å². The SMILES string of the molecule is C=C(c1ccc(-c2ccc(CCC3CCN(CC4(C(F)(F)F)CCC4)CC3)nc2)cc1F)N1CCCNC1. The molecule has 38 heavy (non-hydrogen) atoms. The number of aromatic nitrogens is 1. The van der Waals surface area contributed by atoms with Crippen LogP contribution in [0.2, 0.25) is 0 Å². The van der Waals surface area contributed by atoms with Crippen molar-refractivity contribution in [2.45, 2.75) is 57.5 Å². The molecule has 2 saturated heterocycles. The third kappa shape index (κ3) is 5.91. The lowest BCUT2D eigenvalue weighted by molar-refractivity contribution is -0.256. The third-order valence-electron chi connectivity index (χ3n) is 8.86. The molecule has 3 heterocycles. The van der Waals surface area contributed by atoms with E-state index in [9.17, 15) is 17.6 Å². The number of nitrogens with one attached hydrogen (secondary N) is 1. The Morgan fingerprint density at radius 2 is 1.82 bits per heavy atom. The van der Waals surface area contributed by atoms with Crippen LogP contribution in [0.1, 0.15) is 56.2 Å². The highest BCUT2D eigenvalue weighted by molar-refractivity contribution is 5.69. The molecule has 0 radical (unpaired) electrons. The zero-order valence-corrected chi connectivity index (χ0v) is 22.0. The molecule has 8 heteroatoms. The fraction of sp³-hybridized carbons (Fsp3) is 0.567. The van der Waals surface area contributed by atoms with Crippen LogP contribution in [0.15, 0.2) is 43.1 Å². The second-order valence-corrected chi connectivity index (χ2v) is 11.3. The molecule has 0 unspecified atom stereocenters. The van der Waals surface area contributed by atoms with Crippen molar-refractivity contribution in [3.63, 3.8) is 0 Å². The molecule has 0 amide bonds. The maximum absolute atomic E-state index is 15.0. The Kier molecular flexibility index (Phi) is 8.10. The molecule has 5 rings (SSSR count). The quantitative estimate of drug-likeness (QED) is 0.396. The number of aryl methyl sites for hydroxylation is 1. The Bertz CT molecular complexity index is 1100. The van der Waals surface area contributed by atoms with Gasteiger partial charge >= 0.3 is 6.18 Å². The van der Waals surface area contributed by atoms with Gasteiger partial charge in [-0.1, -0.05) is 25.1 Å². The van der Waals surface area contributed by atoms with Crippen LogP contribution in [0.25, 0.3) is 16.8 Å². The molecule has 1 aromatic heterocycles. The zero-order chi connectivity index (χ0) is 26.8. The number of pyridine rings is 1. The summed E-state index contributed by atoms with van der Waals surface area (Å²) >= 11 is 0. The van der Waals surface area contributed by atoms with Gasteiger partial charge < -0.3 is 9.80 Å². The van der Waals surface area contributed by atoms with Crippen molar-refractivity contribution in [1.29, 1.82) is 0 Å². The first-order chi connectivity index (χ1) is 18.2. The smallest absolute Gasteiger partial charge is 0.359 e. The molecule has 0 bridgehead atoms. The van der Waals surface area contributed by atoms with Crippen molar-refractivity contribution in [2.24, 2.45) is 11.3 Å². The fourth-order valence-electron chi connectivity index (χ4n) is 6.11. The van der Waals surface area contributed by atoms with E-state index >= 15 is 0 Å². The van der Waals surface area contributed by atoms with Gasteiger partial charge in [0.15, 0.2) is 0 Å². The van der Waals surface area contributed by atoms with E-state index in [1.165, 1.54) is 0 Å². The summed E-state index contributed by atoms with van der Waals surface area (Å²) in [6.45, 7) is 8.29. The minimum Gasteiger partial charge on any atom is -0.359 e. The van der Waals surface area contributed by atoms with Gasteiger partial charge in [-0.15, -0.1) is 0 Å². The summed E-state index contributed by atoms with van der Waals surface area (Å²) in [6.07, 6.45) is 3.68. The van der Waals surface area contributed by atoms with E-state index in [2.05, 4.69) is 21.8 Å². The molecule has 3 aliphatic rings. The first-order valence-corrected chi connectivity index (χ1v) is 13.9. The van der Waals surface area contributed by atoms with Crippen LogP contribution in [0.5, 0.6) is 0 Å². The van der Waals surface area contributed by atoms with Gasteiger partial charge in [0.1, 0.15) is 5.82 Å². The Morgan fingerprint density at radius 1 is 1.05 bits per heavy atom. The van der Waals surface area contributed by atoms with E-state index in [0.29, 0.717) is 30.3 Å². The molecule has 0 spiro atoms. The molecule has 1 aliphatic carbocycles. The highest BCUT2D eigenvalue weighted by atomic mass is 19.4. The summed E-state index contributed by atoms with van der Waals surface area (Å²) in [5.41, 5.74) is 2.40. The molecule has 4 nitrogen and oxygen atoms in total. The maximum Gasteiger partial charge on any atom is 0.395 e. The number of nitrogens with zero attached hydrogens (tertiary/aromatic N) is 3. The topological polar surface area (TPSA) is 31.4 Å². The lowest BCUT2D eigenvalue weighted by Crippen LogP contribution is -2.53. The summed E-state index contributed by atoms with van der Waals surface area (Å²) in [5, 5.41) is 3.29. The third-order valence-corrected chi connectivity index (χ3v) is 8.86. The molecular formula is C30H38F4N4. The summed E-state index contributed by atoms with van der Waals surface area (Å²) in [4.78, 5) is 8.71. The summed E-state index contributed by atoms with van der Waals surface area (Å²) in [6, 6.07) is 9.24. The second kappa shape index (κ2) is 11.3. The number of alkyl halides is 3. The van der Waals surface area contributed by atoms with Gasteiger partial charge in [0.05, 0.1) is 12.1 Å². The number of halogens is 4. The number of benzene rings is 1. The number of piperidine rings is 1. The first-order valence-electron chi connectivity index (χ1n) is 13.9. The minimum absolute atomic E-state index is 0.164. The van der Waals surface area contributed by atoms with Crippen molar-refractivity contribution in [2.75, 3.05) is 39.4 Å². The molecule has 1 aromatic carbocycles. The summed E-state index contributed by atoms with van der Waals surface area (Å²) < 4.78 is 55.5. The molecule has 1 N–H and O–H groups in total. The summed E-state index contributed by atoms with van der Waals surface area (Å²) in [5.74, 6) is 0.229. The molecule has 0 atom stereocenters. The predicted octanol–water partition coefficient (Wildman–Crippen LogP) is 6.49. The van der Waals surface area contributed by atoms with Crippen LogP contribution in [0.4, 0.5) is 17.6 Å². The van der Waals surface area contributed by atoms with Gasteiger partial charge in [-0.2, -0.15) is 13.2 Å². The normalized spacial score (nSPS) is 20.8. The highest BCUT2D eigenvalue weighted by Crippen LogP contribution is 2.53. The van der Waals surface area contributed by atoms with Crippen molar-refractivity contribution < 1.29 is 17.6 Å². The number of rotatable bonds is 8. The van der Waals surface area contributed by atoms with E-state index < -0.39 is 11.6 Å². The lowest BCUT2D eigenvalue weighted by atomic mass is 9.67. The Hall–Kier alpha value is -2.45. The van der Waals surface area contributed by atoms with Crippen LogP contribution >= 0.6 is 0 Å². The van der Waals surface area contributed by atoms with Crippen LogP contribution < -0.4 is 5.32 Å². The molecule has 2 aliphatic heterocycles. The van der Waals surface area contributed by atoms with Crippen molar-refractivity contribution in [1.82, 2.24) is 20.1 Å². The Morgan fingerprint density at radius 3 is 2.39 bits per heavy atom. The largest absolute Gasteiger partial charge is 0.395 e. The molecule has 206 valence electrons. The van der Waals surface area contributed by atoms with Crippen LogP contribution in [0, 0.1) is 17.2 Å². The van der Waals surface area contributed by atoms with E-state index in [-0.39, 0.29) is 25.2 Å². The van der Waals surface area contributed by atoms with Gasteiger partial charge in [0, 0.05) is 41.8 Å². The number of hydrogen-bond acceptors (Lipinski definition) is 4. The number of likely N-dealkylation sites (tertiary alicyclic amines) is 1. The van der Waals surface area contributed by atoms with Crippen molar-refractivity contribution in [3.05, 3.63) is 60.2 Å². The Balaban J connectivity index is 1.10. The van der Waals surface area contributed by atoms with Gasteiger partial charge in [-0.05, 0) is 94.3 Å². The molecule has 3 fully saturated rings. The zero-order valence-electron chi connectivity index (χ0n) is 22.0. The van der Waals surface area contributed by atoms with Gasteiger partial charge in [0.25, 0.3) is 0 Å². The molecule has 1 saturated carbocycles. The lowest BCUT2D eigenvalue weighted by Gasteiger charge is -2.47. The van der Waals surface area contributed by atoms with Gasteiger partial charge in [0.2, 0.25) is 0 Å². The van der Waals surface area contributed by atoms with Gasteiger partial charge in [-0.25, -0.2) is 4.39 Å². The first kappa shape index (κ1) is 27.1. The van der Waals surface area contributed by atoms with E-state index in [0.717, 1.165) is 75.1 Å². The summed E-state index contributed by atoms with van der Waals surface area (Å²) in [7, 11) is 0. The average Bonchev–Trinajstić information content (AvgIpc) is 2.90. The second-order valence-electron chi connectivity index (χ2n) is 11.3. The van der Waals surface area contributed by atoms with Gasteiger partial charge in [-0.3, -0.25) is 10.3 Å². The van der Waals surface area contributed by atoms with Crippen molar-refractivity contribution >= 4 is 5.70 Å². The predicted molar refractivity (Wildman–Crippen MR) is 143 cm³/mol. The standard InChI is InChI=1S/C30H38F4N4/c1-22(38-15-3-14-35-21-38)27-9-6-24(18-28(27)31)25-5-8-26(36-19-25)7-4-23-10-16-37(17-11-23)20-29(12-2-13-29)30(32,33)34/h5-6,8-9,18-19,23,35H,1-4,7,10-17,20-21H2. The Labute approximate surface area is 223 Å². The average molecular weight is 531 g/mol.